The van der Waals surface area contributed by atoms with E-state index in [2.05, 4.69) is 4.98 Å². The van der Waals surface area contributed by atoms with Gasteiger partial charge in [0.1, 0.15) is 6.10 Å². The minimum Gasteiger partial charge on any atom is -0.384 e. The fourth-order valence-corrected chi connectivity index (χ4v) is 2.10. The topological polar surface area (TPSA) is 38.0 Å². The summed E-state index contributed by atoms with van der Waals surface area (Å²) in [5, 5.41) is 10.4. The second-order valence-corrected chi connectivity index (χ2v) is 4.38. The van der Waals surface area contributed by atoms with Gasteiger partial charge >= 0.3 is 0 Å². The molecule has 19 heavy (non-hydrogen) atoms. The molecule has 0 aliphatic carbocycles. The first kappa shape index (κ1) is 11.7. The number of nitrogens with zero attached hydrogens (tertiary/aromatic N) is 2. The van der Waals surface area contributed by atoms with Crippen LogP contribution in [0.15, 0.2) is 73.3 Å². The van der Waals surface area contributed by atoms with Crippen molar-refractivity contribution in [2.45, 2.75) is 6.10 Å². The lowest BCUT2D eigenvalue weighted by atomic mass is 10.0. The molecule has 0 aliphatic rings. The monoisotopic (exact) mass is 250 g/mol. The largest absolute Gasteiger partial charge is 0.384 e. The molecule has 0 amide bonds. The third-order valence-electron chi connectivity index (χ3n) is 3.10. The van der Waals surface area contributed by atoms with Gasteiger partial charge in [-0.15, -0.1) is 0 Å². The SMILES string of the molecule is OC(c1ccccc1)c1cccc(-n2ccnc2)c1. The molecular formula is C16H14N2O. The van der Waals surface area contributed by atoms with Gasteiger partial charge in [0.05, 0.1) is 6.33 Å². The molecule has 3 rings (SSSR count). The van der Waals surface area contributed by atoms with Gasteiger partial charge in [-0.05, 0) is 23.3 Å². The van der Waals surface area contributed by atoms with Crippen molar-refractivity contribution < 1.29 is 5.11 Å². The van der Waals surface area contributed by atoms with Gasteiger partial charge in [0.2, 0.25) is 0 Å². The van der Waals surface area contributed by atoms with Crippen LogP contribution < -0.4 is 0 Å². The molecule has 3 nitrogen and oxygen atoms in total. The highest BCUT2D eigenvalue weighted by Crippen LogP contribution is 2.23. The predicted octanol–water partition coefficient (Wildman–Crippen LogP) is 2.95. The van der Waals surface area contributed by atoms with Gasteiger partial charge in [0, 0.05) is 18.1 Å². The molecule has 0 spiro atoms. The quantitative estimate of drug-likeness (QED) is 0.776. The Morgan fingerprint density at radius 1 is 0.947 bits per heavy atom. The Hall–Kier alpha value is -2.39. The molecule has 1 atom stereocenters. The van der Waals surface area contributed by atoms with Crippen LogP contribution in [-0.2, 0) is 0 Å². The number of hydrogen-bond acceptors (Lipinski definition) is 2. The third kappa shape index (κ3) is 2.41. The molecular weight excluding hydrogens is 236 g/mol. The Kier molecular flexibility index (Phi) is 3.12. The van der Waals surface area contributed by atoms with E-state index < -0.39 is 6.10 Å². The molecule has 3 heteroatoms. The summed E-state index contributed by atoms with van der Waals surface area (Å²) in [6.07, 6.45) is 4.76. The Bertz CT molecular complexity index is 648. The minimum atomic E-state index is -0.607. The summed E-state index contributed by atoms with van der Waals surface area (Å²) < 4.78 is 1.92. The van der Waals surface area contributed by atoms with Crippen molar-refractivity contribution in [1.82, 2.24) is 9.55 Å². The van der Waals surface area contributed by atoms with Crippen LogP contribution in [0.4, 0.5) is 0 Å². The number of benzene rings is 2. The average molecular weight is 250 g/mol. The van der Waals surface area contributed by atoms with Gasteiger partial charge in [-0.2, -0.15) is 0 Å². The highest BCUT2D eigenvalue weighted by molar-refractivity contribution is 5.39. The van der Waals surface area contributed by atoms with E-state index in [0.717, 1.165) is 16.8 Å². The van der Waals surface area contributed by atoms with Crippen LogP contribution in [0.2, 0.25) is 0 Å². The van der Waals surface area contributed by atoms with Crippen molar-refractivity contribution in [2.75, 3.05) is 0 Å². The van der Waals surface area contributed by atoms with Crippen LogP contribution >= 0.6 is 0 Å². The van der Waals surface area contributed by atoms with Crippen LogP contribution in [0.3, 0.4) is 0 Å². The van der Waals surface area contributed by atoms with Gasteiger partial charge < -0.3 is 9.67 Å². The van der Waals surface area contributed by atoms with E-state index >= 15 is 0 Å². The van der Waals surface area contributed by atoms with Crippen molar-refractivity contribution in [2.24, 2.45) is 0 Å². The predicted molar refractivity (Wildman–Crippen MR) is 74.1 cm³/mol. The molecule has 3 aromatic rings. The van der Waals surface area contributed by atoms with Crippen LogP contribution in [0.25, 0.3) is 5.69 Å². The molecule has 0 saturated carbocycles. The molecule has 2 aromatic carbocycles. The second-order valence-electron chi connectivity index (χ2n) is 4.38. The van der Waals surface area contributed by atoms with Crippen molar-refractivity contribution in [1.29, 1.82) is 0 Å². The summed E-state index contributed by atoms with van der Waals surface area (Å²) >= 11 is 0. The number of imidazole rings is 1. The zero-order valence-corrected chi connectivity index (χ0v) is 10.3. The smallest absolute Gasteiger partial charge is 0.104 e. The lowest BCUT2D eigenvalue weighted by Crippen LogP contribution is -2.00. The van der Waals surface area contributed by atoms with Crippen molar-refractivity contribution in [3.63, 3.8) is 0 Å². The molecule has 1 unspecified atom stereocenters. The van der Waals surface area contributed by atoms with E-state index in [0.29, 0.717) is 0 Å². The summed E-state index contributed by atoms with van der Waals surface area (Å²) in [6, 6.07) is 17.5. The Morgan fingerprint density at radius 3 is 2.47 bits per heavy atom. The molecule has 1 aromatic heterocycles. The summed E-state index contributed by atoms with van der Waals surface area (Å²) in [4.78, 5) is 4.03. The van der Waals surface area contributed by atoms with Crippen LogP contribution in [0.1, 0.15) is 17.2 Å². The minimum absolute atomic E-state index is 0.607. The Labute approximate surface area is 111 Å². The van der Waals surface area contributed by atoms with Crippen molar-refractivity contribution >= 4 is 0 Å². The molecule has 1 heterocycles. The number of aliphatic hydroxyl groups is 1. The second kappa shape index (κ2) is 5.08. The molecule has 1 N–H and O–H groups in total. The molecule has 0 saturated heterocycles. The lowest BCUT2D eigenvalue weighted by Gasteiger charge is -2.13. The highest BCUT2D eigenvalue weighted by atomic mass is 16.3. The molecule has 0 bridgehead atoms. The first-order chi connectivity index (χ1) is 9.34. The highest BCUT2D eigenvalue weighted by Gasteiger charge is 2.10. The maximum absolute atomic E-state index is 10.4. The van der Waals surface area contributed by atoms with Crippen LogP contribution in [0, 0.1) is 0 Å². The first-order valence-electron chi connectivity index (χ1n) is 6.16. The number of rotatable bonds is 3. The lowest BCUT2D eigenvalue weighted by molar-refractivity contribution is 0.220. The van der Waals surface area contributed by atoms with Gasteiger partial charge in [-0.3, -0.25) is 0 Å². The molecule has 0 fully saturated rings. The van der Waals surface area contributed by atoms with Gasteiger partial charge in [-0.25, -0.2) is 4.98 Å². The summed E-state index contributed by atoms with van der Waals surface area (Å²) in [5.74, 6) is 0. The number of hydrogen-bond donors (Lipinski definition) is 1. The zero-order valence-electron chi connectivity index (χ0n) is 10.3. The average Bonchev–Trinajstić information content (AvgIpc) is 3.02. The van der Waals surface area contributed by atoms with E-state index in [9.17, 15) is 5.11 Å². The van der Waals surface area contributed by atoms with Crippen LogP contribution in [-0.4, -0.2) is 14.7 Å². The summed E-state index contributed by atoms with van der Waals surface area (Å²) in [7, 11) is 0. The zero-order chi connectivity index (χ0) is 13.1. The summed E-state index contributed by atoms with van der Waals surface area (Å²) in [6.45, 7) is 0. The fraction of sp³-hybridized carbons (Fsp3) is 0.0625. The van der Waals surface area contributed by atoms with E-state index in [1.54, 1.807) is 12.5 Å². The number of aromatic nitrogens is 2. The van der Waals surface area contributed by atoms with E-state index in [1.165, 1.54) is 0 Å². The van der Waals surface area contributed by atoms with Gasteiger partial charge in [-0.1, -0.05) is 42.5 Å². The van der Waals surface area contributed by atoms with E-state index in [-0.39, 0.29) is 0 Å². The molecule has 94 valence electrons. The summed E-state index contributed by atoms with van der Waals surface area (Å²) in [5.41, 5.74) is 2.76. The molecule has 0 radical (unpaired) electrons. The molecule has 0 aliphatic heterocycles. The third-order valence-corrected chi connectivity index (χ3v) is 3.10. The maximum Gasteiger partial charge on any atom is 0.104 e. The maximum atomic E-state index is 10.4. The van der Waals surface area contributed by atoms with Crippen molar-refractivity contribution in [3.8, 4) is 5.69 Å². The fourth-order valence-electron chi connectivity index (χ4n) is 2.10. The normalized spacial score (nSPS) is 12.3. The van der Waals surface area contributed by atoms with Gasteiger partial charge in [0.15, 0.2) is 0 Å². The Morgan fingerprint density at radius 2 is 1.74 bits per heavy atom. The van der Waals surface area contributed by atoms with Crippen LogP contribution in [0.5, 0.6) is 0 Å². The Balaban J connectivity index is 1.96. The van der Waals surface area contributed by atoms with Gasteiger partial charge in [0.25, 0.3) is 0 Å². The van der Waals surface area contributed by atoms with Crippen molar-refractivity contribution in [3.05, 3.63) is 84.4 Å². The number of aliphatic hydroxyl groups excluding tert-OH is 1. The van der Waals surface area contributed by atoms with E-state index in [1.807, 2.05) is 65.4 Å². The first-order valence-corrected chi connectivity index (χ1v) is 6.16. The van der Waals surface area contributed by atoms with E-state index in [4.69, 9.17) is 0 Å². The standard InChI is InChI=1S/C16H14N2O/c19-16(13-5-2-1-3-6-13)14-7-4-8-15(11-14)18-10-9-17-12-18/h1-12,16,19H.